The van der Waals surface area contributed by atoms with Crippen LogP contribution < -0.4 is 5.32 Å². The molecule has 2 aliphatic rings. The number of alkyl halides is 1. The molecule has 0 aromatic carbocycles. The van der Waals surface area contributed by atoms with Gasteiger partial charge >= 0.3 is 0 Å². The summed E-state index contributed by atoms with van der Waals surface area (Å²) < 4.78 is 0. The van der Waals surface area contributed by atoms with Crippen LogP contribution in [0.25, 0.3) is 0 Å². The first kappa shape index (κ1) is 14.4. The number of rotatable bonds is 4. The standard InChI is InChI=1S/C16H22ClNOS/c17-10-16(7-1-2-8-16)11-18-15(19)13-4-3-5-14-12(13)6-9-20-14/h6,9,13H,1-5,7-8,10-11H2,(H,18,19). The first-order chi connectivity index (χ1) is 9.74. The lowest BCUT2D eigenvalue weighted by molar-refractivity contribution is -0.123. The molecule has 0 radical (unpaired) electrons. The molecule has 0 bridgehead atoms. The predicted octanol–water partition coefficient (Wildman–Crippen LogP) is 4.08. The van der Waals surface area contributed by atoms with E-state index in [0.29, 0.717) is 5.88 Å². The lowest BCUT2D eigenvalue weighted by atomic mass is 9.85. The minimum atomic E-state index is 0.0683. The normalized spacial score (nSPS) is 24.4. The van der Waals surface area contributed by atoms with Gasteiger partial charge in [0.15, 0.2) is 0 Å². The Labute approximate surface area is 129 Å². The van der Waals surface area contributed by atoms with E-state index < -0.39 is 0 Å². The van der Waals surface area contributed by atoms with Crippen molar-refractivity contribution in [2.24, 2.45) is 5.41 Å². The summed E-state index contributed by atoms with van der Waals surface area (Å²) in [6.07, 6.45) is 8.08. The van der Waals surface area contributed by atoms with Crippen LogP contribution in [0.5, 0.6) is 0 Å². The molecule has 1 unspecified atom stereocenters. The van der Waals surface area contributed by atoms with Gasteiger partial charge in [-0.25, -0.2) is 0 Å². The molecule has 1 amide bonds. The first-order valence-electron chi connectivity index (χ1n) is 7.64. The minimum absolute atomic E-state index is 0.0683. The Morgan fingerprint density at radius 3 is 2.95 bits per heavy atom. The molecule has 1 fully saturated rings. The van der Waals surface area contributed by atoms with E-state index in [2.05, 4.69) is 16.8 Å². The van der Waals surface area contributed by atoms with Gasteiger partial charge in [0.2, 0.25) is 5.91 Å². The second-order valence-corrected chi connectivity index (χ2v) is 7.57. The maximum Gasteiger partial charge on any atom is 0.227 e. The number of amides is 1. The number of nitrogens with one attached hydrogen (secondary N) is 1. The summed E-state index contributed by atoms with van der Waals surface area (Å²) in [6.45, 7) is 0.755. The highest BCUT2D eigenvalue weighted by Crippen LogP contribution is 2.39. The molecule has 1 saturated carbocycles. The van der Waals surface area contributed by atoms with Crippen molar-refractivity contribution in [3.8, 4) is 0 Å². The zero-order valence-electron chi connectivity index (χ0n) is 11.8. The molecule has 20 heavy (non-hydrogen) atoms. The smallest absolute Gasteiger partial charge is 0.227 e. The molecule has 110 valence electrons. The van der Waals surface area contributed by atoms with Crippen LogP contribution in [0.1, 0.15) is 54.9 Å². The highest BCUT2D eigenvalue weighted by Gasteiger charge is 2.34. The number of hydrogen-bond acceptors (Lipinski definition) is 2. The molecular formula is C16H22ClNOS. The zero-order chi connectivity index (χ0) is 14.0. The third-order valence-corrected chi connectivity index (χ3v) is 6.52. The number of aryl methyl sites for hydroxylation is 1. The number of thiophene rings is 1. The van der Waals surface area contributed by atoms with E-state index in [-0.39, 0.29) is 17.2 Å². The molecule has 2 nitrogen and oxygen atoms in total. The average Bonchev–Trinajstić information content (AvgIpc) is 3.13. The van der Waals surface area contributed by atoms with Gasteiger partial charge in [0.1, 0.15) is 0 Å². The van der Waals surface area contributed by atoms with E-state index in [0.717, 1.165) is 38.6 Å². The van der Waals surface area contributed by atoms with E-state index in [1.54, 1.807) is 11.3 Å². The van der Waals surface area contributed by atoms with E-state index >= 15 is 0 Å². The average molecular weight is 312 g/mol. The summed E-state index contributed by atoms with van der Waals surface area (Å²) in [5, 5.41) is 5.32. The van der Waals surface area contributed by atoms with Gasteiger partial charge in [-0.2, -0.15) is 0 Å². The van der Waals surface area contributed by atoms with Crippen LogP contribution in [-0.2, 0) is 11.2 Å². The fourth-order valence-electron chi connectivity index (χ4n) is 3.64. The number of halogens is 1. The van der Waals surface area contributed by atoms with E-state index in [1.165, 1.54) is 23.3 Å². The van der Waals surface area contributed by atoms with Gasteiger partial charge in [0.05, 0.1) is 5.92 Å². The number of fused-ring (bicyclic) bond motifs is 1. The van der Waals surface area contributed by atoms with Crippen LogP contribution in [0, 0.1) is 5.41 Å². The van der Waals surface area contributed by atoms with Crippen LogP contribution >= 0.6 is 22.9 Å². The van der Waals surface area contributed by atoms with Crippen molar-refractivity contribution in [3.63, 3.8) is 0 Å². The van der Waals surface area contributed by atoms with Gasteiger partial charge in [-0.15, -0.1) is 22.9 Å². The molecule has 1 aromatic rings. The van der Waals surface area contributed by atoms with Gasteiger partial charge in [-0.05, 0) is 49.1 Å². The van der Waals surface area contributed by atoms with Crippen LogP contribution in [0.4, 0.5) is 0 Å². The fourth-order valence-corrected chi connectivity index (χ4v) is 4.99. The second kappa shape index (κ2) is 6.07. The minimum Gasteiger partial charge on any atom is -0.355 e. The molecule has 4 heteroatoms. The van der Waals surface area contributed by atoms with Gasteiger partial charge < -0.3 is 5.32 Å². The number of carbonyl (C=O) groups excluding carboxylic acids is 1. The predicted molar refractivity (Wildman–Crippen MR) is 84.6 cm³/mol. The Hall–Kier alpha value is -0.540. The Morgan fingerprint density at radius 2 is 2.20 bits per heavy atom. The maximum absolute atomic E-state index is 12.5. The third kappa shape index (κ3) is 2.75. The van der Waals surface area contributed by atoms with Crippen molar-refractivity contribution in [1.82, 2.24) is 5.32 Å². The van der Waals surface area contributed by atoms with E-state index in [4.69, 9.17) is 11.6 Å². The maximum atomic E-state index is 12.5. The zero-order valence-corrected chi connectivity index (χ0v) is 13.4. The van der Waals surface area contributed by atoms with Crippen molar-refractivity contribution in [2.75, 3.05) is 12.4 Å². The molecule has 0 aliphatic heterocycles. The van der Waals surface area contributed by atoms with Gasteiger partial charge in [-0.1, -0.05) is 12.8 Å². The first-order valence-corrected chi connectivity index (χ1v) is 9.05. The molecule has 1 heterocycles. The number of hydrogen-bond donors (Lipinski definition) is 1. The monoisotopic (exact) mass is 311 g/mol. The van der Waals surface area contributed by atoms with Crippen LogP contribution in [-0.4, -0.2) is 18.3 Å². The second-order valence-electron chi connectivity index (χ2n) is 6.30. The molecular weight excluding hydrogens is 290 g/mol. The van der Waals surface area contributed by atoms with E-state index in [9.17, 15) is 4.79 Å². The third-order valence-electron chi connectivity index (χ3n) is 4.95. The lowest BCUT2D eigenvalue weighted by Crippen LogP contribution is -2.40. The van der Waals surface area contributed by atoms with Crippen molar-refractivity contribution in [3.05, 3.63) is 21.9 Å². The Balaban J connectivity index is 1.63. The summed E-state index contributed by atoms with van der Waals surface area (Å²) >= 11 is 7.94. The molecule has 1 aromatic heterocycles. The SMILES string of the molecule is O=C(NCC1(CCl)CCCC1)C1CCCc2sccc21. The van der Waals surface area contributed by atoms with Crippen molar-refractivity contribution < 1.29 is 4.79 Å². The highest BCUT2D eigenvalue weighted by atomic mass is 35.5. The summed E-state index contributed by atoms with van der Waals surface area (Å²) in [5.74, 6) is 0.946. The topological polar surface area (TPSA) is 29.1 Å². The van der Waals surface area contributed by atoms with Crippen LogP contribution in [0.2, 0.25) is 0 Å². The van der Waals surface area contributed by atoms with Crippen molar-refractivity contribution in [2.45, 2.75) is 50.9 Å². The Kier molecular flexibility index (Phi) is 4.37. The highest BCUT2D eigenvalue weighted by molar-refractivity contribution is 7.10. The van der Waals surface area contributed by atoms with Crippen LogP contribution in [0.15, 0.2) is 11.4 Å². The molecule has 1 atom stereocenters. The summed E-state index contributed by atoms with van der Waals surface area (Å²) in [7, 11) is 0. The molecule has 0 spiro atoms. The number of carbonyl (C=O) groups is 1. The molecule has 3 rings (SSSR count). The fraction of sp³-hybridized carbons (Fsp3) is 0.688. The Morgan fingerprint density at radius 1 is 1.40 bits per heavy atom. The van der Waals surface area contributed by atoms with Gasteiger partial charge in [-0.3, -0.25) is 4.79 Å². The quantitative estimate of drug-likeness (QED) is 0.834. The van der Waals surface area contributed by atoms with Gasteiger partial charge in [0.25, 0.3) is 0 Å². The lowest BCUT2D eigenvalue weighted by Gasteiger charge is -2.28. The summed E-state index contributed by atoms with van der Waals surface area (Å²) in [4.78, 5) is 13.9. The van der Waals surface area contributed by atoms with Gasteiger partial charge in [0, 0.05) is 22.7 Å². The van der Waals surface area contributed by atoms with Crippen molar-refractivity contribution >= 4 is 28.8 Å². The van der Waals surface area contributed by atoms with Crippen molar-refractivity contribution in [1.29, 1.82) is 0 Å². The molecule has 2 aliphatic carbocycles. The largest absolute Gasteiger partial charge is 0.355 e. The van der Waals surface area contributed by atoms with Crippen LogP contribution in [0.3, 0.4) is 0 Å². The summed E-state index contributed by atoms with van der Waals surface area (Å²) in [5.41, 5.74) is 1.42. The van der Waals surface area contributed by atoms with E-state index in [1.807, 2.05) is 0 Å². The molecule has 1 N–H and O–H groups in total. The molecule has 0 saturated heterocycles. The summed E-state index contributed by atoms with van der Waals surface area (Å²) in [6, 6.07) is 2.14. The Bertz CT molecular complexity index is 479.